The molecule has 2 heterocycles. The third kappa shape index (κ3) is 4.02. The first-order valence-corrected chi connectivity index (χ1v) is 7.90. The van der Waals surface area contributed by atoms with Crippen molar-refractivity contribution >= 4 is 22.7 Å². The van der Waals surface area contributed by atoms with Crippen molar-refractivity contribution in [2.24, 2.45) is 0 Å². The van der Waals surface area contributed by atoms with Crippen LogP contribution in [0.3, 0.4) is 0 Å². The first-order chi connectivity index (χ1) is 10.8. The molecule has 0 atom stereocenters. The van der Waals surface area contributed by atoms with E-state index in [9.17, 15) is 0 Å². The molecule has 2 aromatic rings. The fourth-order valence-corrected chi connectivity index (χ4v) is 2.78. The van der Waals surface area contributed by atoms with Gasteiger partial charge in [-0.15, -0.1) is 0 Å². The topological polar surface area (TPSA) is 64.5 Å². The van der Waals surface area contributed by atoms with E-state index in [1.165, 1.54) is 0 Å². The molecule has 0 saturated carbocycles. The lowest BCUT2D eigenvalue weighted by molar-refractivity contribution is -0.00000568. The Hall–Kier alpha value is -1.63. The number of aromatic nitrogens is 2. The van der Waals surface area contributed by atoms with Crippen molar-refractivity contribution in [3.8, 4) is 0 Å². The van der Waals surface area contributed by atoms with Gasteiger partial charge in [0.15, 0.2) is 0 Å². The number of piperazine rings is 1. The van der Waals surface area contributed by atoms with Gasteiger partial charge in [0.05, 0.1) is 12.1 Å². The van der Waals surface area contributed by atoms with E-state index in [1.54, 1.807) is 0 Å². The summed E-state index contributed by atoms with van der Waals surface area (Å²) in [5.41, 5.74) is 0.936. The summed E-state index contributed by atoms with van der Waals surface area (Å²) < 4.78 is 0. The van der Waals surface area contributed by atoms with Crippen molar-refractivity contribution < 1.29 is 17.5 Å². The number of likely N-dealkylation sites (N-methyl/N-ethyl adjacent to an activating group) is 1. The van der Waals surface area contributed by atoms with Crippen molar-refractivity contribution in [1.82, 2.24) is 14.9 Å². The number of aliphatic hydroxyl groups is 1. The van der Waals surface area contributed by atoms with Gasteiger partial charge in [0.25, 0.3) is 0 Å². The second-order valence-electron chi connectivity index (χ2n) is 5.46. The maximum absolute atomic E-state index is 9.05. The zero-order valence-electron chi connectivity index (χ0n) is 13.4. The molecule has 1 aromatic carbocycles. The van der Waals surface area contributed by atoms with Gasteiger partial charge >= 0.3 is 0 Å². The van der Waals surface area contributed by atoms with Gasteiger partial charge in [-0.25, -0.2) is 4.98 Å². The van der Waals surface area contributed by atoms with Gasteiger partial charge < -0.3 is 32.6 Å². The van der Waals surface area contributed by atoms with Crippen molar-refractivity contribution in [1.29, 1.82) is 0 Å². The van der Waals surface area contributed by atoms with E-state index < -0.39 is 0 Å². The van der Waals surface area contributed by atoms with Gasteiger partial charge in [-0.1, -0.05) is 19.1 Å². The van der Waals surface area contributed by atoms with Crippen LogP contribution in [0, 0.1) is 0 Å². The molecule has 7 heteroatoms. The third-order valence-electron chi connectivity index (χ3n) is 4.10. The fourth-order valence-electron chi connectivity index (χ4n) is 2.78. The van der Waals surface area contributed by atoms with Crippen molar-refractivity contribution in [2.45, 2.75) is 6.92 Å². The molecule has 0 bridgehead atoms. The molecule has 0 aliphatic carbocycles. The van der Waals surface area contributed by atoms with Crippen LogP contribution in [-0.2, 0) is 0 Å². The molecule has 0 amide bonds. The molecule has 126 valence electrons. The third-order valence-corrected chi connectivity index (χ3v) is 4.10. The molecule has 0 radical (unpaired) electrons. The summed E-state index contributed by atoms with van der Waals surface area (Å²) in [6.07, 6.45) is 0. The van der Waals surface area contributed by atoms with Crippen LogP contribution in [0.2, 0.25) is 0 Å². The van der Waals surface area contributed by atoms with E-state index in [0.29, 0.717) is 6.54 Å². The Kier molecular flexibility index (Phi) is 6.38. The fraction of sp³-hybridized carbons (Fsp3) is 0.500. The second kappa shape index (κ2) is 8.29. The lowest BCUT2D eigenvalue weighted by Gasteiger charge is -2.34. The number of rotatable bonds is 5. The summed E-state index contributed by atoms with van der Waals surface area (Å²) in [5.74, 6) is 1.57. The summed E-state index contributed by atoms with van der Waals surface area (Å²) in [6.45, 7) is 7.86. The minimum Gasteiger partial charge on any atom is -1.00 e. The quantitative estimate of drug-likeness (QED) is 0.670. The van der Waals surface area contributed by atoms with E-state index in [1.807, 2.05) is 24.3 Å². The first-order valence-electron chi connectivity index (χ1n) is 7.90. The van der Waals surface area contributed by atoms with E-state index in [2.05, 4.69) is 27.0 Å². The van der Waals surface area contributed by atoms with Crippen molar-refractivity contribution in [3.63, 3.8) is 0 Å². The van der Waals surface area contributed by atoms with Gasteiger partial charge in [-0.2, -0.15) is 4.98 Å². The van der Waals surface area contributed by atoms with Crippen LogP contribution in [0.1, 0.15) is 6.92 Å². The summed E-state index contributed by atoms with van der Waals surface area (Å²) >= 11 is 0. The molecule has 1 aliphatic heterocycles. The minimum absolute atomic E-state index is 0. The molecule has 6 nitrogen and oxygen atoms in total. The van der Waals surface area contributed by atoms with Crippen LogP contribution in [-0.4, -0.2) is 65.8 Å². The zero-order chi connectivity index (χ0) is 15.4. The smallest absolute Gasteiger partial charge is 0.227 e. The highest BCUT2D eigenvalue weighted by Gasteiger charge is 2.19. The average Bonchev–Trinajstić information content (AvgIpc) is 2.59. The van der Waals surface area contributed by atoms with Crippen LogP contribution in [0.4, 0.5) is 11.8 Å². The summed E-state index contributed by atoms with van der Waals surface area (Å²) in [7, 11) is 0. The van der Waals surface area contributed by atoms with Crippen LogP contribution in [0.25, 0.3) is 10.9 Å². The van der Waals surface area contributed by atoms with Crippen LogP contribution in [0.15, 0.2) is 24.3 Å². The Morgan fingerprint density at radius 3 is 2.57 bits per heavy atom. The van der Waals surface area contributed by atoms with Crippen LogP contribution >= 0.6 is 0 Å². The van der Waals surface area contributed by atoms with Gasteiger partial charge in [0.2, 0.25) is 5.95 Å². The lowest BCUT2D eigenvalue weighted by Crippen LogP contribution is -3.00. The molecule has 1 saturated heterocycles. The largest absolute Gasteiger partial charge is 1.00 e. The molecular formula is C16H23ClN5O-. The lowest BCUT2D eigenvalue weighted by atomic mass is 10.2. The predicted octanol–water partition coefficient (Wildman–Crippen LogP) is -1.82. The summed E-state index contributed by atoms with van der Waals surface area (Å²) in [4.78, 5) is 14.1. The van der Waals surface area contributed by atoms with Gasteiger partial charge in [-0.05, 0) is 18.7 Å². The van der Waals surface area contributed by atoms with E-state index >= 15 is 0 Å². The minimum atomic E-state index is 0. The molecule has 2 N–H and O–H groups in total. The Bertz CT molecular complexity index is 631. The number of hydrogen-bond donors (Lipinski definition) is 2. The molecule has 1 fully saturated rings. The molecular weight excluding hydrogens is 314 g/mol. The Morgan fingerprint density at radius 1 is 1.13 bits per heavy atom. The highest BCUT2D eigenvalue weighted by Crippen LogP contribution is 2.23. The number of para-hydroxylation sites is 1. The highest BCUT2D eigenvalue weighted by atomic mass is 35.5. The number of halogens is 1. The molecule has 0 spiro atoms. The maximum atomic E-state index is 9.05. The average molecular weight is 337 g/mol. The van der Waals surface area contributed by atoms with Gasteiger partial charge in [0, 0.05) is 38.1 Å². The number of nitrogens with zero attached hydrogens (tertiary/aromatic N) is 4. The van der Waals surface area contributed by atoms with Crippen molar-refractivity contribution in [2.75, 3.05) is 56.1 Å². The summed E-state index contributed by atoms with van der Waals surface area (Å²) in [6, 6.07) is 7.99. The monoisotopic (exact) mass is 336 g/mol. The van der Waals surface area contributed by atoms with Gasteiger partial charge in [0.1, 0.15) is 5.82 Å². The zero-order valence-corrected chi connectivity index (χ0v) is 14.1. The van der Waals surface area contributed by atoms with E-state index in [0.717, 1.165) is 55.4 Å². The number of aliphatic hydroxyl groups excluding tert-OH is 1. The predicted molar refractivity (Wildman–Crippen MR) is 89.4 cm³/mol. The number of anilines is 2. The van der Waals surface area contributed by atoms with E-state index in [-0.39, 0.29) is 19.0 Å². The maximum Gasteiger partial charge on any atom is 0.227 e. The van der Waals surface area contributed by atoms with Crippen LogP contribution in [0.5, 0.6) is 0 Å². The van der Waals surface area contributed by atoms with Crippen LogP contribution < -0.4 is 22.6 Å². The standard InChI is InChI=1S/C16H23N5O.ClH/c1-2-20-8-10-21(11-9-20)16-18-14-6-4-3-5-13(14)15(19-16)17-7-12-22;/h3-6,22H,2,7-12H2,1H3,(H,17,18,19);1H/p-1. The number of nitrogens with one attached hydrogen (secondary N) is 1. The van der Waals surface area contributed by atoms with Gasteiger partial charge in [-0.3, -0.25) is 0 Å². The molecule has 1 aliphatic rings. The Morgan fingerprint density at radius 2 is 1.87 bits per heavy atom. The molecule has 0 unspecified atom stereocenters. The first kappa shape index (κ1) is 17.7. The number of hydrogen-bond acceptors (Lipinski definition) is 6. The van der Waals surface area contributed by atoms with Crippen molar-refractivity contribution in [3.05, 3.63) is 24.3 Å². The molecule has 1 aromatic heterocycles. The summed E-state index contributed by atoms with van der Waals surface area (Å²) in [5, 5.41) is 13.2. The number of benzene rings is 1. The molecule has 3 rings (SSSR count). The SMILES string of the molecule is CCN1CCN(c2nc(NCCO)c3ccccc3n2)CC1.[Cl-]. The number of fused-ring (bicyclic) bond motifs is 1. The Balaban J connectivity index is 0.00000192. The highest BCUT2D eigenvalue weighted by molar-refractivity contribution is 5.90. The Labute approximate surface area is 142 Å². The second-order valence-corrected chi connectivity index (χ2v) is 5.46. The normalized spacial score (nSPS) is 15.5. The molecule has 23 heavy (non-hydrogen) atoms. The van der Waals surface area contributed by atoms with E-state index in [4.69, 9.17) is 10.1 Å².